The number of halogens is 5. The van der Waals surface area contributed by atoms with Crippen molar-refractivity contribution in [3.8, 4) is 5.75 Å². The number of alkyl halides is 3. The van der Waals surface area contributed by atoms with Gasteiger partial charge in [-0.1, -0.05) is 30.1 Å². The molecule has 8 heteroatoms. The zero-order valence-electron chi connectivity index (χ0n) is 11.3. The molecule has 1 aliphatic rings. The molecule has 0 radical (unpaired) electrons. The molecule has 0 fully saturated rings. The van der Waals surface area contributed by atoms with Crippen molar-refractivity contribution in [2.24, 2.45) is 0 Å². The summed E-state index contributed by atoms with van der Waals surface area (Å²) >= 11 is 11.7. The minimum Gasteiger partial charge on any atom is -0.474 e. The van der Waals surface area contributed by atoms with Crippen LogP contribution >= 0.6 is 23.2 Å². The van der Waals surface area contributed by atoms with Crippen LogP contribution in [0.15, 0.2) is 17.7 Å². The molecule has 0 aromatic heterocycles. The maximum atomic E-state index is 13.1. The second kappa shape index (κ2) is 6.38. The van der Waals surface area contributed by atoms with Crippen molar-refractivity contribution in [3.63, 3.8) is 0 Å². The first-order valence-corrected chi connectivity index (χ1v) is 7.10. The second-order valence-corrected chi connectivity index (χ2v) is 5.42. The molecule has 0 saturated carbocycles. The molecule has 0 bridgehead atoms. The van der Waals surface area contributed by atoms with Crippen LogP contribution in [0.3, 0.4) is 0 Å². The van der Waals surface area contributed by atoms with Crippen molar-refractivity contribution in [3.05, 3.63) is 33.3 Å². The van der Waals surface area contributed by atoms with E-state index in [2.05, 4.69) is 0 Å². The molecular formula is C14H11Cl2F3O3. The van der Waals surface area contributed by atoms with E-state index in [-0.39, 0.29) is 28.0 Å². The van der Waals surface area contributed by atoms with Gasteiger partial charge >= 0.3 is 12.1 Å². The van der Waals surface area contributed by atoms with Crippen LogP contribution in [0, 0.1) is 0 Å². The minimum absolute atomic E-state index is 0.0178. The lowest BCUT2D eigenvalue weighted by Gasteiger charge is -2.28. The second-order valence-electron chi connectivity index (χ2n) is 4.58. The number of hydrogen-bond donors (Lipinski definition) is 0. The molecule has 1 aliphatic heterocycles. The number of benzene rings is 1. The number of carbonyl (C=O) groups excluding carboxylic acids is 1. The van der Waals surface area contributed by atoms with E-state index >= 15 is 0 Å². The van der Waals surface area contributed by atoms with Crippen LogP contribution < -0.4 is 4.74 Å². The van der Waals surface area contributed by atoms with Crippen molar-refractivity contribution in [2.75, 3.05) is 6.61 Å². The summed E-state index contributed by atoms with van der Waals surface area (Å²) in [6, 6.07) is 2.63. The van der Waals surface area contributed by atoms with Gasteiger partial charge in [-0.3, -0.25) is 0 Å². The van der Waals surface area contributed by atoms with Gasteiger partial charge in [-0.2, -0.15) is 13.2 Å². The summed E-state index contributed by atoms with van der Waals surface area (Å²) in [4.78, 5) is 11.9. The number of rotatable bonds is 3. The fraction of sp³-hybridized carbons (Fsp3) is 0.357. The quantitative estimate of drug-likeness (QED) is 0.741. The van der Waals surface area contributed by atoms with Crippen LogP contribution in [0.2, 0.25) is 10.0 Å². The highest BCUT2D eigenvalue weighted by atomic mass is 35.5. The van der Waals surface area contributed by atoms with Gasteiger partial charge in [0.1, 0.15) is 5.75 Å². The summed E-state index contributed by atoms with van der Waals surface area (Å²) in [5.74, 6) is -1.24. The maximum Gasteiger partial charge on any atom is 0.430 e. The summed E-state index contributed by atoms with van der Waals surface area (Å²) in [5, 5.41) is 0.157. The van der Waals surface area contributed by atoms with Gasteiger partial charge in [0.2, 0.25) is 6.10 Å². The average Bonchev–Trinajstić information content (AvgIpc) is 2.42. The van der Waals surface area contributed by atoms with E-state index in [4.69, 9.17) is 32.7 Å². The Morgan fingerprint density at radius 2 is 2.05 bits per heavy atom. The highest BCUT2D eigenvalue weighted by Crippen LogP contribution is 2.42. The first-order chi connectivity index (χ1) is 10.2. The molecule has 0 aliphatic carbocycles. The predicted molar refractivity (Wildman–Crippen MR) is 76.2 cm³/mol. The Bertz CT molecular complexity index is 626. The molecule has 22 heavy (non-hydrogen) atoms. The van der Waals surface area contributed by atoms with E-state index in [0.717, 1.165) is 6.08 Å². The normalized spacial score (nSPS) is 17.4. The number of fused-ring (bicyclic) bond motifs is 1. The summed E-state index contributed by atoms with van der Waals surface area (Å²) in [6.07, 6.45) is -5.67. The Morgan fingerprint density at radius 1 is 1.36 bits per heavy atom. The summed E-state index contributed by atoms with van der Waals surface area (Å²) in [7, 11) is 0. The maximum absolute atomic E-state index is 13.1. The van der Waals surface area contributed by atoms with E-state index in [9.17, 15) is 18.0 Å². The first kappa shape index (κ1) is 17.0. The van der Waals surface area contributed by atoms with Crippen molar-refractivity contribution >= 4 is 35.2 Å². The van der Waals surface area contributed by atoms with E-state index in [1.54, 1.807) is 6.92 Å². The van der Waals surface area contributed by atoms with Crippen molar-refractivity contribution in [2.45, 2.75) is 25.6 Å². The van der Waals surface area contributed by atoms with Gasteiger partial charge in [0.25, 0.3) is 0 Å². The van der Waals surface area contributed by atoms with Gasteiger partial charge in [-0.05, 0) is 24.6 Å². The fourth-order valence-corrected chi connectivity index (χ4v) is 2.48. The van der Waals surface area contributed by atoms with Gasteiger partial charge in [0, 0.05) is 10.6 Å². The van der Waals surface area contributed by atoms with Crippen LogP contribution in [0.1, 0.15) is 18.9 Å². The lowest BCUT2D eigenvalue weighted by atomic mass is 10.0. The fourth-order valence-electron chi connectivity index (χ4n) is 1.92. The van der Waals surface area contributed by atoms with E-state index in [0.29, 0.717) is 6.42 Å². The molecule has 0 saturated heterocycles. The van der Waals surface area contributed by atoms with Crippen LogP contribution in [0.5, 0.6) is 5.75 Å². The molecule has 2 rings (SSSR count). The highest BCUT2D eigenvalue weighted by Gasteiger charge is 2.49. The SMILES string of the molecule is CCCOC(=O)C1=Cc2cc(Cl)cc(Cl)c2OC1C(F)(F)F. The topological polar surface area (TPSA) is 35.5 Å². The van der Waals surface area contributed by atoms with E-state index < -0.39 is 23.8 Å². The third-order valence-electron chi connectivity index (χ3n) is 2.84. The lowest BCUT2D eigenvalue weighted by Crippen LogP contribution is -2.40. The van der Waals surface area contributed by atoms with Gasteiger partial charge < -0.3 is 9.47 Å². The Kier molecular flexibility index (Phi) is 4.92. The molecule has 3 nitrogen and oxygen atoms in total. The third-order valence-corrected chi connectivity index (χ3v) is 3.34. The summed E-state index contributed by atoms with van der Waals surface area (Å²) in [5.41, 5.74) is -0.437. The van der Waals surface area contributed by atoms with Gasteiger partial charge in [-0.25, -0.2) is 4.79 Å². The molecule has 1 heterocycles. The van der Waals surface area contributed by atoms with Crippen molar-refractivity contribution < 1.29 is 27.4 Å². The van der Waals surface area contributed by atoms with Gasteiger partial charge in [-0.15, -0.1) is 0 Å². The smallest absolute Gasteiger partial charge is 0.430 e. The molecule has 120 valence electrons. The number of carbonyl (C=O) groups is 1. The minimum atomic E-state index is -4.78. The zero-order chi connectivity index (χ0) is 16.5. The van der Waals surface area contributed by atoms with Crippen molar-refractivity contribution in [1.82, 2.24) is 0 Å². The molecule has 0 N–H and O–H groups in total. The first-order valence-electron chi connectivity index (χ1n) is 6.35. The van der Waals surface area contributed by atoms with E-state index in [1.807, 2.05) is 0 Å². The molecule has 0 spiro atoms. The van der Waals surface area contributed by atoms with Crippen molar-refractivity contribution in [1.29, 1.82) is 0 Å². The average molecular weight is 355 g/mol. The molecule has 1 aromatic carbocycles. The number of hydrogen-bond acceptors (Lipinski definition) is 3. The number of ether oxygens (including phenoxy) is 2. The molecule has 1 unspecified atom stereocenters. The standard InChI is InChI=1S/C14H11Cl2F3O3/c1-2-3-21-13(20)9-5-7-4-8(15)6-10(16)11(7)22-12(9)14(17,18)19/h4-6,12H,2-3H2,1H3. The van der Waals surface area contributed by atoms with Gasteiger partial charge in [0.05, 0.1) is 17.2 Å². The number of esters is 1. The van der Waals surface area contributed by atoms with Crippen LogP contribution in [-0.4, -0.2) is 24.9 Å². The third kappa shape index (κ3) is 3.50. The monoisotopic (exact) mass is 354 g/mol. The zero-order valence-corrected chi connectivity index (χ0v) is 12.9. The Labute approximate surface area is 134 Å². The summed E-state index contributed by atoms with van der Waals surface area (Å²) in [6.45, 7) is 1.75. The molecule has 1 aromatic rings. The molecule has 1 atom stereocenters. The molecule has 0 amide bonds. The van der Waals surface area contributed by atoms with E-state index in [1.165, 1.54) is 12.1 Å². The van der Waals surface area contributed by atoms with Gasteiger partial charge in [0.15, 0.2) is 0 Å². The van der Waals surface area contributed by atoms with Crippen LogP contribution in [0.25, 0.3) is 6.08 Å². The largest absolute Gasteiger partial charge is 0.474 e. The molecular weight excluding hydrogens is 344 g/mol. The Morgan fingerprint density at radius 3 is 2.64 bits per heavy atom. The summed E-state index contributed by atoms with van der Waals surface area (Å²) < 4.78 is 49.1. The lowest BCUT2D eigenvalue weighted by molar-refractivity contribution is -0.188. The van der Waals surface area contributed by atoms with Crippen LogP contribution in [-0.2, 0) is 9.53 Å². The predicted octanol–water partition coefficient (Wildman–Crippen LogP) is 4.65. The Hall–Kier alpha value is -1.40. The Balaban J connectivity index is 2.49. The van der Waals surface area contributed by atoms with Crippen LogP contribution in [0.4, 0.5) is 13.2 Å². The highest BCUT2D eigenvalue weighted by molar-refractivity contribution is 6.36.